The minimum atomic E-state index is -0.687. The predicted molar refractivity (Wildman–Crippen MR) is 93.5 cm³/mol. The number of unbranched alkanes of at least 4 members (excludes halogenated alkanes) is 6. The molecule has 0 aromatic rings. The SMILES string of the molecule is CCCCCC[C@H]1CCC(O)[C@@H]1CCCCCCC(=O)O.[NaH]. The topological polar surface area (TPSA) is 57.5 Å². The zero-order valence-corrected chi connectivity index (χ0v) is 13.7. The fourth-order valence-corrected chi connectivity index (χ4v) is 3.76. The van der Waals surface area contributed by atoms with Crippen molar-refractivity contribution < 1.29 is 15.0 Å². The minimum absolute atomic E-state index is 0. The molecule has 3 atom stereocenters. The third-order valence-corrected chi connectivity index (χ3v) is 5.04. The van der Waals surface area contributed by atoms with Crippen LogP contribution in [0.2, 0.25) is 0 Å². The van der Waals surface area contributed by atoms with E-state index in [-0.39, 0.29) is 35.7 Å². The van der Waals surface area contributed by atoms with E-state index in [4.69, 9.17) is 5.11 Å². The molecule has 1 unspecified atom stereocenters. The van der Waals surface area contributed by atoms with Crippen molar-refractivity contribution in [3.8, 4) is 0 Å². The monoisotopic (exact) mass is 322 g/mol. The zero-order chi connectivity index (χ0) is 15.5. The number of aliphatic hydroxyl groups excluding tert-OH is 1. The van der Waals surface area contributed by atoms with Gasteiger partial charge >= 0.3 is 35.5 Å². The Hall–Kier alpha value is 0.430. The summed E-state index contributed by atoms with van der Waals surface area (Å²) in [5.41, 5.74) is 0. The Morgan fingerprint density at radius 3 is 2.27 bits per heavy atom. The Morgan fingerprint density at radius 2 is 1.59 bits per heavy atom. The first-order valence-electron chi connectivity index (χ1n) is 9.05. The molecule has 22 heavy (non-hydrogen) atoms. The Balaban J connectivity index is 0.00000441. The normalized spacial score (nSPS) is 24.2. The molecule has 0 aliphatic heterocycles. The number of carboxylic acid groups (broad SMARTS) is 1. The molecule has 1 saturated carbocycles. The number of rotatable bonds is 12. The third kappa shape index (κ3) is 9.54. The summed E-state index contributed by atoms with van der Waals surface area (Å²) in [4.78, 5) is 10.4. The van der Waals surface area contributed by atoms with Crippen LogP contribution < -0.4 is 0 Å². The summed E-state index contributed by atoms with van der Waals surface area (Å²) >= 11 is 0. The molecule has 0 aromatic heterocycles. The summed E-state index contributed by atoms with van der Waals surface area (Å²) in [5.74, 6) is 0.551. The summed E-state index contributed by atoms with van der Waals surface area (Å²) in [6.45, 7) is 2.24. The van der Waals surface area contributed by atoms with E-state index in [1.165, 1.54) is 38.5 Å². The van der Waals surface area contributed by atoms with Gasteiger partial charge in [-0.2, -0.15) is 0 Å². The van der Waals surface area contributed by atoms with Gasteiger partial charge in [-0.3, -0.25) is 4.79 Å². The zero-order valence-electron chi connectivity index (χ0n) is 13.7. The maximum atomic E-state index is 10.4. The molecule has 3 nitrogen and oxygen atoms in total. The van der Waals surface area contributed by atoms with E-state index in [0.717, 1.165) is 44.4 Å². The van der Waals surface area contributed by atoms with Crippen LogP contribution in [0.5, 0.6) is 0 Å². The molecule has 0 saturated heterocycles. The van der Waals surface area contributed by atoms with Crippen LogP contribution in [0.4, 0.5) is 0 Å². The number of carboxylic acids is 1. The standard InChI is InChI=1S/C18H34O3.Na.H/c1-2-3-4-7-10-15-13-14-17(19)16(15)11-8-5-6-9-12-18(20)21;;/h15-17,19H,2-14H2,1H3,(H,20,21);;/t15-,16+,17?;;/m0../s1. The van der Waals surface area contributed by atoms with Crippen LogP contribution in [0.25, 0.3) is 0 Å². The molecule has 1 aliphatic rings. The summed E-state index contributed by atoms with van der Waals surface area (Å²) in [7, 11) is 0. The Bertz CT molecular complexity index is 284. The Kier molecular flexibility index (Phi) is 14.1. The second kappa shape index (κ2) is 13.8. The second-order valence-electron chi connectivity index (χ2n) is 6.76. The van der Waals surface area contributed by atoms with Crippen molar-refractivity contribution in [3.63, 3.8) is 0 Å². The van der Waals surface area contributed by atoms with Gasteiger partial charge in [0.15, 0.2) is 0 Å². The van der Waals surface area contributed by atoms with Crippen LogP contribution in [0, 0.1) is 11.8 Å². The first-order valence-corrected chi connectivity index (χ1v) is 9.05. The van der Waals surface area contributed by atoms with E-state index < -0.39 is 5.97 Å². The molecule has 4 heteroatoms. The molecule has 0 heterocycles. The molecule has 0 spiro atoms. The summed E-state index contributed by atoms with van der Waals surface area (Å²) in [5, 5.41) is 18.8. The second-order valence-corrected chi connectivity index (χ2v) is 6.76. The molecule has 126 valence electrons. The van der Waals surface area contributed by atoms with Crippen LogP contribution in [-0.4, -0.2) is 51.8 Å². The van der Waals surface area contributed by atoms with Gasteiger partial charge in [0, 0.05) is 6.42 Å². The number of carbonyl (C=O) groups is 1. The van der Waals surface area contributed by atoms with Crippen molar-refractivity contribution in [2.75, 3.05) is 0 Å². The van der Waals surface area contributed by atoms with Crippen LogP contribution in [-0.2, 0) is 4.79 Å². The molecule has 0 bridgehead atoms. The van der Waals surface area contributed by atoms with Crippen molar-refractivity contribution in [2.45, 2.75) is 96.5 Å². The van der Waals surface area contributed by atoms with Gasteiger partial charge < -0.3 is 10.2 Å². The average Bonchev–Trinajstić information content (AvgIpc) is 2.79. The van der Waals surface area contributed by atoms with Gasteiger partial charge in [0.25, 0.3) is 0 Å². The van der Waals surface area contributed by atoms with Crippen molar-refractivity contribution >= 4 is 35.5 Å². The predicted octanol–water partition coefficient (Wildman–Crippen LogP) is 4.12. The van der Waals surface area contributed by atoms with Crippen LogP contribution >= 0.6 is 0 Å². The summed E-state index contributed by atoms with van der Waals surface area (Å²) in [6.07, 6.45) is 14.2. The van der Waals surface area contributed by atoms with Gasteiger partial charge in [-0.05, 0) is 37.5 Å². The number of hydrogen-bond donors (Lipinski definition) is 2. The number of aliphatic carboxylic acids is 1. The van der Waals surface area contributed by atoms with Crippen molar-refractivity contribution in [1.82, 2.24) is 0 Å². The molecule has 1 rings (SSSR count). The Morgan fingerprint density at radius 1 is 0.955 bits per heavy atom. The van der Waals surface area contributed by atoms with E-state index in [9.17, 15) is 9.90 Å². The molecule has 0 amide bonds. The van der Waals surface area contributed by atoms with Crippen LogP contribution in [0.1, 0.15) is 90.4 Å². The van der Waals surface area contributed by atoms with Crippen molar-refractivity contribution in [3.05, 3.63) is 0 Å². The quantitative estimate of drug-likeness (QED) is 0.420. The van der Waals surface area contributed by atoms with Gasteiger partial charge in [0.1, 0.15) is 0 Å². The van der Waals surface area contributed by atoms with Gasteiger partial charge in [-0.25, -0.2) is 0 Å². The molecule has 0 aromatic carbocycles. The fourth-order valence-electron chi connectivity index (χ4n) is 3.76. The molecule has 1 fully saturated rings. The number of aliphatic hydroxyl groups is 1. The molecule has 2 N–H and O–H groups in total. The van der Waals surface area contributed by atoms with Crippen LogP contribution in [0.3, 0.4) is 0 Å². The van der Waals surface area contributed by atoms with Crippen LogP contribution in [0.15, 0.2) is 0 Å². The number of hydrogen-bond acceptors (Lipinski definition) is 2. The maximum absolute atomic E-state index is 10.4. The summed E-state index contributed by atoms with van der Waals surface area (Å²) in [6, 6.07) is 0. The molecular weight excluding hydrogens is 287 g/mol. The van der Waals surface area contributed by atoms with Gasteiger partial charge in [-0.1, -0.05) is 58.3 Å². The van der Waals surface area contributed by atoms with Crippen molar-refractivity contribution in [1.29, 1.82) is 0 Å². The molecular formula is C18H35NaO3. The van der Waals surface area contributed by atoms with E-state index in [0.29, 0.717) is 12.3 Å². The first kappa shape index (κ1) is 22.4. The third-order valence-electron chi connectivity index (χ3n) is 5.04. The van der Waals surface area contributed by atoms with E-state index >= 15 is 0 Å². The van der Waals surface area contributed by atoms with Crippen molar-refractivity contribution in [2.24, 2.45) is 11.8 Å². The Labute approximate surface area is 158 Å². The van der Waals surface area contributed by atoms with Gasteiger partial charge in [0.2, 0.25) is 0 Å². The average molecular weight is 322 g/mol. The first-order chi connectivity index (χ1) is 10.1. The van der Waals surface area contributed by atoms with Gasteiger partial charge in [-0.15, -0.1) is 0 Å². The van der Waals surface area contributed by atoms with Gasteiger partial charge in [0.05, 0.1) is 6.10 Å². The molecule has 0 radical (unpaired) electrons. The van der Waals surface area contributed by atoms with E-state index in [1.54, 1.807) is 0 Å². The van der Waals surface area contributed by atoms with E-state index in [1.807, 2.05) is 0 Å². The van der Waals surface area contributed by atoms with E-state index in [2.05, 4.69) is 6.92 Å². The summed E-state index contributed by atoms with van der Waals surface area (Å²) < 4.78 is 0. The molecule has 1 aliphatic carbocycles. The fraction of sp³-hybridized carbons (Fsp3) is 0.944.